The van der Waals surface area contributed by atoms with E-state index in [1.54, 1.807) is 23.0 Å². The second kappa shape index (κ2) is 4.76. The van der Waals surface area contributed by atoms with Gasteiger partial charge in [0.25, 0.3) is 0 Å². The van der Waals surface area contributed by atoms with Gasteiger partial charge in [0, 0.05) is 10.2 Å². The van der Waals surface area contributed by atoms with Crippen molar-refractivity contribution in [2.24, 2.45) is 0 Å². The standard InChI is InChI=1S/C15H11BrN2O2/c1-9-5-10(16)7-11(6-9)18-8-17-13-4-2-3-12(14(13)18)15(19)20/h2-8H,1H3,(H,19,20). The summed E-state index contributed by atoms with van der Waals surface area (Å²) in [5.74, 6) is -0.955. The fourth-order valence-electron chi connectivity index (χ4n) is 2.29. The number of aryl methyl sites for hydroxylation is 1. The summed E-state index contributed by atoms with van der Waals surface area (Å²) < 4.78 is 2.75. The smallest absolute Gasteiger partial charge is 0.337 e. The summed E-state index contributed by atoms with van der Waals surface area (Å²) in [7, 11) is 0. The number of nitrogens with zero attached hydrogens (tertiary/aromatic N) is 2. The molecule has 4 nitrogen and oxygen atoms in total. The molecular weight excluding hydrogens is 320 g/mol. The molecule has 1 heterocycles. The normalized spacial score (nSPS) is 10.9. The van der Waals surface area contributed by atoms with Gasteiger partial charge in [0.05, 0.1) is 16.6 Å². The number of halogens is 1. The SMILES string of the molecule is Cc1cc(Br)cc(-n2cnc3cccc(C(=O)O)c32)c1. The molecule has 2 aromatic carbocycles. The number of aromatic nitrogens is 2. The molecule has 0 fully saturated rings. The van der Waals surface area contributed by atoms with Crippen LogP contribution >= 0.6 is 15.9 Å². The van der Waals surface area contributed by atoms with Crippen molar-refractivity contribution in [3.05, 3.63) is 58.3 Å². The Bertz CT molecular complexity index is 804. The molecule has 0 atom stereocenters. The molecule has 0 saturated carbocycles. The van der Waals surface area contributed by atoms with Gasteiger partial charge in [-0.2, -0.15) is 0 Å². The highest BCUT2D eigenvalue weighted by Crippen LogP contribution is 2.25. The zero-order valence-electron chi connectivity index (χ0n) is 10.7. The molecule has 3 rings (SSSR count). The molecule has 3 aromatic rings. The van der Waals surface area contributed by atoms with Crippen LogP contribution in [0.5, 0.6) is 0 Å². The Kier molecular flexibility index (Phi) is 3.06. The minimum atomic E-state index is -0.955. The number of rotatable bonds is 2. The van der Waals surface area contributed by atoms with E-state index in [1.165, 1.54) is 0 Å². The van der Waals surface area contributed by atoms with E-state index in [1.807, 2.05) is 31.2 Å². The van der Waals surface area contributed by atoms with Crippen molar-refractivity contribution in [1.82, 2.24) is 9.55 Å². The lowest BCUT2D eigenvalue weighted by atomic mass is 10.1. The zero-order valence-corrected chi connectivity index (χ0v) is 12.3. The minimum absolute atomic E-state index is 0.248. The van der Waals surface area contributed by atoms with E-state index in [9.17, 15) is 9.90 Å². The summed E-state index contributed by atoms with van der Waals surface area (Å²) in [6, 6.07) is 11.0. The van der Waals surface area contributed by atoms with Gasteiger partial charge in [-0.25, -0.2) is 9.78 Å². The van der Waals surface area contributed by atoms with Crippen molar-refractivity contribution in [2.45, 2.75) is 6.92 Å². The van der Waals surface area contributed by atoms with Crippen molar-refractivity contribution in [2.75, 3.05) is 0 Å². The Hall–Kier alpha value is -2.14. The van der Waals surface area contributed by atoms with E-state index in [2.05, 4.69) is 20.9 Å². The highest BCUT2D eigenvalue weighted by Gasteiger charge is 2.14. The van der Waals surface area contributed by atoms with Crippen molar-refractivity contribution in [1.29, 1.82) is 0 Å². The van der Waals surface area contributed by atoms with E-state index >= 15 is 0 Å². The van der Waals surface area contributed by atoms with Gasteiger partial charge in [-0.3, -0.25) is 4.57 Å². The highest BCUT2D eigenvalue weighted by molar-refractivity contribution is 9.10. The van der Waals surface area contributed by atoms with E-state index in [4.69, 9.17) is 0 Å². The number of aromatic carboxylic acids is 1. The van der Waals surface area contributed by atoms with Crippen LogP contribution in [-0.2, 0) is 0 Å². The summed E-state index contributed by atoms with van der Waals surface area (Å²) in [4.78, 5) is 15.7. The molecule has 20 heavy (non-hydrogen) atoms. The molecule has 5 heteroatoms. The third-order valence-corrected chi connectivity index (χ3v) is 3.56. The average molecular weight is 331 g/mol. The van der Waals surface area contributed by atoms with Crippen LogP contribution < -0.4 is 0 Å². The number of hydrogen-bond donors (Lipinski definition) is 1. The monoisotopic (exact) mass is 330 g/mol. The van der Waals surface area contributed by atoms with Gasteiger partial charge in [0.15, 0.2) is 0 Å². The van der Waals surface area contributed by atoms with Crippen LogP contribution in [0.3, 0.4) is 0 Å². The van der Waals surface area contributed by atoms with E-state index in [0.29, 0.717) is 11.0 Å². The number of fused-ring (bicyclic) bond motifs is 1. The Morgan fingerprint density at radius 1 is 1.30 bits per heavy atom. The number of para-hydroxylation sites is 1. The third-order valence-electron chi connectivity index (χ3n) is 3.10. The molecule has 0 amide bonds. The van der Waals surface area contributed by atoms with Crippen molar-refractivity contribution in [3.8, 4) is 5.69 Å². The number of benzene rings is 2. The predicted molar refractivity (Wildman–Crippen MR) is 80.5 cm³/mol. The quantitative estimate of drug-likeness (QED) is 0.777. The number of carbonyl (C=O) groups is 1. The van der Waals surface area contributed by atoms with Gasteiger partial charge in [-0.1, -0.05) is 22.0 Å². The molecule has 1 aromatic heterocycles. The van der Waals surface area contributed by atoms with Crippen molar-refractivity contribution < 1.29 is 9.90 Å². The van der Waals surface area contributed by atoms with Gasteiger partial charge in [-0.15, -0.1) is 0 Å². The Labute approximate surface area is 123 Å². The molecule has 0 aliphatic carbocycles. The maximum atomic E-state index is 11.4. The fourth-order valence-corrected chi connectivity index (χ4v) is 2.89. The Morgan fingerprint density at radius 2 is 2.10 bits per heavy atom. The van der Waals surface area contributed by atoms with Crippen LogP contribution in [0.1, 0.15) is 15.9 Å². The molecule has 0 aliphatic heterocycles. The summed E-state index contributed by atoms with van der Waals surface area (Å²) in [5.41, 5.74) is 3.50. The molecular formula is C15H11BrN2O2. The van der Waals surface area contributed by atoms with Crippen molar-refractivity contribution in [3.63, 3.8) is 0 Å². The first-order valence-corrected chi connectivity index (χ1v) is 6.82. The average Bonchev–Trinajstić information content (AvgIpc) is 2.80. The van der Waals surface area contributed by atoms with Gasteiger partial charge in [0.1, 0.15) is 6.33 Å². The maximum absolute atomic E-state index is 11.4. The highest BCUT2D eigenvalue weighted by atomic mass is 79.9. The topological polar surface area (TPSA) is 55.1 Å². The van der Waals surface area contributed by atoms with Crippen LogP contribution in [0, 0.1) is 6.92 Å². The molecule has 0 unspecified atom stereocenters. The first-order chi connectivity index (χ1) is 9.56. The summed E-state index contributed by atoms with van der Waals surface area (Å²) in [6.45, 7) is 1.99. The molecule has 1 N–H and O–H groups in total. The van der Waals surface area contributed by atoms with Gasteiger partial charge in [-0.05, 0) is 42.8 Å². The molecule has 0 saturated heterocycles. The fraction of sp³-hybridized carbons (Fsp3) is 0.0667. The van der Waals surface area contributed by atoms with Crippen LogP contribution in [-0.4, -0.2) is 20.6 Å². The van der Waals surface area contributed by atoms with E-state index in [-0.39, 0.29) is 5.56 Å². The Balaban J connectivity index is 2.34. The number of imidazole rings is 1. The van der Waals surface area contributed by atoms with Gasteiger partial charge < -0.3 is 5.11 Å². The number of carboxylic acids is 1. The molecule has 100 valence electrons. The van der Waals surface area contributed by atoms with Gasteiger partial charge >= 0.3 is 5.97 Å². The lowest BCUT2D eigenvalue weighted by Crippen LogP contribution is -2.01. The third kappa shape index (κ3) is 2.10. The number of hydrogen-bond acceptors (Lipinski definition) is 2. The summed E-state index contributed by atoms with van der Waals surface area (Å²) >= 11 is 3.46. The van der Waals surface area contributed by atoms with Crippen molar-refractivity contribution >= 4 is 32.9 Å². The van der Waals surface area contributed by atoms with Crippen LogP contribution in [0.15, 0.2) is 47.2 Å². The lowest BCUT2D eigenvalue weighted by Gasteiger charge is -2.08. The number of carboxylic acid groups (broad SMARTS) is 1. The van der Waals surface area contributed by atoms with Crippen LogP contribution in [0.2, 0.25) is 0 Å². The van der Waals surface area contributed by atoms with E-state index in [0.717, 1.165) is 15.7 Å². The van der Waals surface area contributed by atoms with Crippen LogP contribution in [0.25, 0.3) is 16.7 Å². The Morgan fingerprint density at radius 3 is 2.80 bits per heavy atom. The lowest BCUT2D eigenvalue weighted by molar-refractivity contribution is 0.0698. The zero-order chi connectivity index (χ0) is 14.3. The molecule has 0 aliphatic rings. The second-order valence-electron chi connectivity index (χ2n) is 4.58. The predicted octanol–water partition coefficient (Wildman–Crippen LogP) is 3.79. The van der Waals surface area contributed by atoms with Crippen LogP contribution in [0.4, 0.5) is 0 Å². The minimum Gasteiger partial charge on any atom is -0.478 e. The molecule has 0 radical (unpaired) electrons. The maximum Gasteiger partial charge on any atom is 0.337 e. The summed E-state index contributed by atoms with van der Waals surface area (Å²) in [6.07, 6.45) is 1.65. The van der Waals surface area contributed by atoms with Gasteiger partial charge in [0.2, 0.25) is 0 Å². The molecule has 0 spiro atoms. The largest absolute Gasteiger partial charge is 0.478 e. The second-order valence-corrected chi connectivity index (χ2v) is 5.50. The molecule has 0 bridgehead atoms. The first kappa shape index (κ1) is 12.9. The summed E-state index contributed by atoms with van der Waals surface area (Å²) in [5, 5.41) is 9.33. The first-order valence-electron chi connectivity index (χ1n) is 6.03. The van der Waals surface area contributed by atoms with E-state index < -0.39 is 5.97 Å².